The van der Waals surface area contributed by atoms with Crippen LogP contribution in [0.2, 0.25) is 0 Å². The van der Waals surface area contributed by atoms with Crippen LogP contribution in [0.3, 0.4) is 0 Å². The van der Waals surface area contributed by atoms with Gasteiger partial charge in [0, 0.05) is 11.6 Å². The van der Waals surface area contributed by atoms with Crippen LogP contribution < -0.4 is 25.6 Å². The molecule has 3 amide bonds. The Morgan fingerprint density at radius 1 is 1.03 bits per heavy atom. The van der Waals surface area contributed by atoms with E-state index in [9.17, 15) is 14.4 Å². The van der Waals surface area contributed by atoms with E-state index in [1.54, 1.807) is 18.2 Å². The van der Waals surface area contributed by atoms with Crippen molar-refractivity contribution in [2.24, 2.45) is 0 Å². The Labute approximate surface area is 181 Å². The van der Waals surface area contributed by atoms with Gasteiger partial charge in [-0.15, -0.1) is 0 Å². The fourth-order valence-corrected chi connectivity index (χ4v) is 2.50. The molecule has 31 heavy (non-hydrogen) atoms. The largest absolute Gasteiger partial charge is 0.493 e. The number of carbonyl (C=O) groups is 3. The summed E-state index contributed by atoms with van der Waals surface area (Å²) in [5.74, 6) is -0.575. The lowest BCUT2D eigenvalue weighted by Crippen LogP contribution is -2.50. The highest BCUT2D eigenvalue weighted by molar-refractivity contribution is 5.98. The molecule has 0 heterocycles. The molecule has 0 aliphatic rings. The number of methoxy groups -OCH3 is 1. The molecule has 2 aromatic carbocycles. The molecule has 0 aromatic heterocycles. The molecule has 0 saturated heterocycles. The van der Waals surface area contributed by atoms with E-state index in [1.165, 1.54) is 26.2 Å². The zero-order valence-corrected chi connectivity index (χ0v) is 17.8. The van der Waals surface area contributed by atoms with Crippen LogP contribution in [0.5, 0.6) is 11.5 Å². The van der Waals surface area contributed by atoms with Crippen LogP contribution in [0.25, 0.3) is 6.08 Å². The maximum atomic E-state index is 12.3. The monoisotopic (exact) mass is 425 g/mol. The van der Waals surface area contributed by atoms with Crippen LogP contribution in [0, 0.1) is 0 Å². The first kappa shape index (κ1) is 23.5. The molecule has 3 N–H and O–H groups in total. The molecule has 0 aliphatic heterocycles. The number of hydrogen-bond acceptors (Lipinski definition) is 5. The van der Waals surface area contributed by atoms with E-state index in [4.69, 9.17) is 9.47 Å². The molecular weight excluding hydrogens is 398 g/mol. The van der Waals surface area contributed by atoms with Gasteiger partial charge >= 0.3 is 0 Å². The van der Waals surface area contributed by atoms with E-state index in [2.05, 4.69) is 16.2 Å². The summed E-state index contributed by atoms with van der Waals surface area (Å²) < 4.78 is 10.8. The molecule has 2 rings (SSSR count). The van der Waals surface area contributed by atoms with Crippen molar-refractivity contribution in [3.63, 3.8) is 0 Å². The summed E-state index contributed by atoms with van der Waals surface area (Å²) in [7, 11) is 1.48. The Kier molecular flexibility index (Phi) is 9.10. The Morgan fingerprint density at radius 2 is 1.77 bits per heavy atom. The van der Waals surface area contributed by atoms with E-state index >= 15 is 0 Å². The Bertz CT molecular complexity index is 928. The van der Waals surface area contributed by atoms with Crippen molar-refractivity contribution >= 4 is 23.8 Å². The van der Waals surface area contributed by atoms with E-state index in [0.29, 0.717) is 18.1 Å². The maximum absolute atomic E-state index is 12.3. The van der Waals surface area contributed by atoms with Gasteiger partial charge in [0.2, 0.25) is 5.91 Å². The second-order valence-corrected chi connectivity index (χ2v) is 6.63. The van der Waals surface area contributed by atoms with Gasteiger partial charge in [0.1, 0.15) is 6.04 Å². The number of rotatable bonds is 9. The summed E-state index contributed by atoms with van der Waals surface area (Å²) >= 11 is 0. The van der Waals surface area contributed by atoms with Crippen molar-refractivity contribution < 1.29 is 23.9 Å². The molecule has 164 valence electrons. The predicted octanol–water partition coefficient (Wildman–Crippen LogP) is 2.46. The quantitative estimate of drug-likeness (QED) is 0.423. The molecule has 1 atom stereocenters. The first-order valence-electron chi connectivity index (χ1n) is 9.89. The van der Waals surface area contributed by atoms with E-state index < -0.39 is 23.8 Å². The lowest BCUT2D eigenvalue weighted by molar-refractivity contribution is -0.127. The predicted molar refractivity (Wildman–Crippen MR) is 117 cm³/mol. The van der Waals surface area contributed by atoms with E-state index in [1.807, 2.05) is 37.3 Å². The number of carbonyl (C=O) groups excluding carboxylic acids is 3. The summed E-state index contributed by atoms with van der Waals surface area (Å²) in [6.07, 6.45) is 3.82. The molecule has 0 bridgehead atoms. The van der Waals surface area contributed by atoms with Gasteiger partial charge in [-0.05, 0) is 43.2 Å². The topological polar surface area (TPSA) is 106 Å². The Morgan fingerprint density at radius 3 is 2.45 bits per heavy atom. The smallest absolute Gasteiger partial charge is 0.269 e. The van der Waals surface area contributed by atoms with Crippen molar-refractivity contribution in [3.05, 3.63) is 65.7 Å². The molecule has 0 saturated carbocycles. The fraction of sp³-hybridized carbons (Fsp3) is 0.261. The molecular formula is C23H27N3O5. The summed E-state index contributed by atoms with van der Waals surface area (Å²) in [4.78, 5) is 36.5. The van der Waals surface area contributed by atoms with Gasteiger partial charge < -0.3 is 14.8 Å². The van der Waals surface area contributed by atoms with Gasteiger partial charge in [0.05, 0.1) is 13.7 Å². The van der Waals surface area contributed by atoms with E-state index in [-0.39, 0.29) is 5.56 Å². The van der Waals surface area contributed by atoms with Crippen molar-refractivity contribution in [2.75, 3.05) is 13.7 Å². The lowest BCUT2D eigenvalue weighted by Gasteiger charge is -2.14. The first-order chi connectivity index (χ1) is 14.9. The zero-order valence-electron chi connectivity index (χ0n) is 17.8. The van der Waals surface area contributed by atoms with Crippen molar-refractivity contribution in [2.45, 2.75) is 26.3 Å². The third-order valence-electron chi connectivity index (χ3n) is 4.17. The van der Waals surface area contributed by atoms with Crippen LogP contribution in [0.1, 0.15) is 36.2 Å². The lowest BCUT2D eigenvalue weighted by atomic mass is 10.2. The van der Waals surface area contributed by atoms with Gasteiger partial charge in [-0.2, -0.15) is 0 Å². The first-order valence-corrected chi connectivity index (χ1v) is 9.89. The SMILES string of the molecule is CCCOc1ccc(C(=O)NNC(=O)C(C)NC(=O)/C=C/c2ccccc2)cc1OC. The maximum Gasteiger partial charge on any atom is 0.269 e. The highest BCUT2D eigenvalue weighted by atomic mass is 16.5. The van der Waals surface area contributed by atoms with Crippen molar-refractivity contribution in [1.82, 2.24) is 16.2 Å². The molecule has 0 aliphatic carbocycles. The second-order valence-electron chi connectivity index (χ2n) is 6.63. The molecule has 2 aromatic rings. The van der Waals surface area contributed by atoms with Gasteiger partial charge in [0.25, 0.3) is 11.8 Å². The van der Waals surface area contributed by atoms with Crippen molar-refractivity contribution in [3.8, 4) is 11.5 Å². The van der Waals surface area contributed by atoms with Crippen LogP contribution in [-0.4, -0.2) is 37.5 Å². The number of amides is 3. The molecule has 0 spiro atoms. The van der Waals surface area contributed by atoms with Crippen LogP contribution in [0.4, 0.5) is 0 Å². The minimum Gasteiger partial charge on any atom is -0.493 e. The van der Waals surface area contributed by atoms with Gasteiger partial charge in [-0.3, -0.25) is 25.2 Å². The van der Waals surface area contributed by atoms with E-state index in [0.717, 1.165) is 12.0 Å². The third kappa shape index (κ3) is 7.50. The highest BCUT2D eigenvalue weighted by Gasteiger charge is 2.16. The minimum absolute atomic E-state index is 0.281. The number of ether oxygens (including phenoxy) is 2. The van der Waals surface area contributed by atoms with Gasteiger partial charge in [-0.1, -0.05) is 37.3 Å². The number of benzene rings is 2. The van der Waals surface area contributed by atoms with Crippen LogP contribution in [0.15, 0.2) is 54.6 Å². The number of nitrogens with one attached hydrogen (secondary N) is 3. The highest BCUT2D eigenvalue weighted by Crippen LogP contribution is 2.28. The summed E-state index contributed by atoms with van der Waals surface area (Å²) in [6, 6.07) is 13.2. The fourth-order valence-electron chi connectivity index (χ4n) is 2.50. The summed E-state index contributed by atoms with van der Waals surface area (Å²) in [5, 5.41) is 2.53. The Hall–Kier alpha value is -3.81. The third-order valence-corrected chi connectivity index (χ3v) is 4.17. The van der Waals surface area contributed by atoms with Gasteiger partial charge in [0.15, 0.2) is 11.5 Å². The minimum atomic E-state index is -0.854. The standard InChI is InChI=1S/C23H27N3O5/c1-4-14-31-19-12-11-18(15-20(19)30-3)23(29)26-25-22(28)16(2)24-21(27)13-10-17-8-6-5-7-9-17/h5-13,15-16H,4,14H2,1-3H3,(H,24,27)(H,25,28)(H,26,29)/b13-10+. The van der Waals surface area contributed by atoms with Crippen LogP contribution in [-0.2, 0) is 9.59 Å². The number of hydrazine groups is 1. The zero-order chi connectivity index (χ0) is 22.6. The molecule has 0 fully saturated rings. The normalized spacial score (nSPS) is 11.5. The van der Waals surface area contributed by atoms with Gasteiger partial charge in [-0.25, -0.2) is 0 Å². The molecule has 0 radical (unpaired) electrons. The molecule has 8 heteroatoms. The van der Waals surface area contributed by atoms with Crippen LogP contribution >= 0.6 is 0 Å². The second kappa shape index (κ2) is 12.0. The average Bonchev–Trinajstić information content (AvgIpc) is 2.80. The molecule has 8 nitrogen and oxygen atoms in total. The van der Waals surface area contributed by atoms with Crippen molar-refractivity contribution in [1.29, 1.82) is 0 Å². The number of hydrogen-bond donors (Lipinski definition) is 3. The average molecular weight is 425 g/mol. The molecule has 1 unspecified atom stereocenters. The summed E-state index contributed by atoms with van der Waals surface area (Å²) in [6.45, 7) is 4.03. The Balaban J connectivity index is 1.86. The summed E-state index contributed by atoms with van der Waals surface area (Å²) in [5.41, 5.74) is 5.76.